The third-order valence-electron chi connectivity index (χ3n) is 4.76. The number of benzene rings is 1. The number of ether oxygens (including phenoxy) is 2. The molecule has 0 bridgehead atoms. The molecule has 25 heavy (non-hydrogen) atoms. The summed E-state index contributed by atoms with van der Waals surface area (Å²) in [5.74, 6) is 1.37. The Bertz CT molecular complexity index is 792. The molecule has 7 heteroatoms. The van der Waals surface area contributed by atoms with E-state index in [-0.39, 0.29) is 12.0 Å². The fourth-order valence-corrected chi connectivity index (χ4v) is 3.46. The van der Waals surface area contributed by atoms with Crippen molar-refractivity contribution in [3.8, 4) is 11.8 Å². The Hall–Kier alpha value is -2.72. The zero-order valence-electron chi connectivity index (χ0n) is 13.5. The van der Waals surface area contributed by atoms with Crippen molar-refractivity contribution in [1.29, 1.82) is 5.26 Å². The highest BCUT2D eigenvalue weighted by molar-refractivity contribution is 5.36. The molecule has 1 aromatic heterocycles. The monoisotopic (exact) mass is 340 g/mol. The van der Waals surface area contributed by atoms with E-state index in [1.54, 1.807) is 12.1 Å². The predicted molar refractivity (Wildman–Crippen MR) is 87.6 cm³/mol. The highest BCUT2D eigenvalue weighted by atomic mass is 19.1. The van der Waals surface area contributed by atoms with Crippen LogP contribution in [0.4, 0.5) is 10.3 Å². The minimum atomic E-state index is -0.440. The summed E-state index contributed by atoms with van der Waals surface area (Å²) < 4.78 is 24.7. The van der Waals surface area contributed by atoms with Crippen molar-refractivity contribution < 1.29 is 13.9 Å². The Kier molecular flexibility index (Phi) is 4.20. The quantitative estimate of drug-likeness (QED) is 0.848. The molecule has 2 fully saturated rings. The lowest BCUT2D eigenvalue weighted by atomic mass is 9.94. The van der Waals surface area contributed by atoms with Crippen molar-refractivity contribution in [2.45, 2.75) is 6.10 Å². The number of hydrogen-bond donors (Lipinski definition) is 0. The Labute approximate surface area is 144 Å². The van der Waals surface area contributed by atoms with Crippen LogP contribution >= 0.6 is 0 Å². The van der Waals surface area contributed by atoms with Gasteiger partial charge in [0.25, 0.3) is 0 Å². The molecule has 128 valence electrons. The molecular formula is C18H17FN4O2. The molecule has 0 N–H and O–H groups in total. The smallest absolute Gasteiger partial charge is 0.225 e. The Balaban J connectivity index is 1.38. The molecule has 3 heterocycles. The molecule has 2 saturated heterocycles. The van der Waals surface area contributed by atoms with Crippen molar-refractivity contribution in [2.24, 2.45) is 11.8 Å². The van der Waals surface area contributed by atoms with Crippen LogP contribution in [0.15, 0.2) is 36.7 Å². The Morgan fingerprint density at radius 3 is 2.96 bits per heavy atom. The first kappa shape index (κ1) is 15.8. The lowest BCUT2D eigenvalue weighted by molar-refractivity contribution is 0.108. The van der Waals surface area contributed by atoms with Gasteiger partial charge in [0, 0.05) is 24.9 Å². The fourth-order valence-electron chi connectivity index (χ4n) is 3.46. The second-order valence-corrected chi connectivity index (χ2v) is 6.35. The predicted octanol–water partition coefficient (Wildman–Crippen LogP) is 2.02. The van der Waals surface area contributed by atoms with Crippen LogP contribution in [0.25, 0.3) is 0 Å². The van der Waals surface area contributed by atoms with E-state index < -0.39 is 5.82 Å². The van der Waals surface area contributed by atoms with Crippen LogP contribution in [0.3, 0.4) is 0 Å². The van der Waals surface area contributed by atoms with Crippen LogP contribution in [0.5, 0.6) is 5.75 Å². The maximum atomic E-state index is 13.0. The Morgan fingerprint density at radius 2 is 2.16 bits per heavy atom. The molecule has 0 amide bonds. The van der Waals surface area contributed by atoms with Crippen LogP contribution in [-0.4, -0.2) is 42.4 Å². The van der Waals surface area contributed by atoms with Crippen LogP contribution in [0.1, 0.15) is 5.56 Å². The highest BCUT2D eigenvalue weighted by Gasteiger charge is 2.44. The van der Waals surface area contributed by atoms with Crippen molar-refractivity contribution in [1.82, 2.24) is 9.97 Å². The minimum absolute atomic E-state index is 0.118. The summed E-state index contributed by atoms with van der Waals surface area (Å²) in [7, 11) is 0. The molecule has 1 aromatic carbocycles. The standard InChI is InChI=1S/C18H17FN4O2/c19-14-6-21-18(22-7-14)23-8-16-13(11-25-17(16)9-23)10-24-15-3-1-2-12(4-15)5-20/h1-4,6-7,13,16-17H,8-11H2/t13-,16+,17+/m0/s1. The second kappa shape index (κ2) is 6.65. The average Bonchev–Trinajstić information content (AvgIpc) is 3.22. The summed E-state index contributed by atoms with van der Waals surface area (Å²) in [5, 5.41) is 8.95. The molecule has 6 nitrogen and oxygen atoms in total. The maximum Gasteiger partial charge on any atom is 0.225 e. The first-order valence-electron chi connectivity index (χ1n) is 8.20. The molecule has 0 radical (unpaired) electrons. The first-order chi connectivity index (χ1) is 12.2. The van der Waals surface area contributed by atoms with Gasteiger partial charge in [0.05, 0.1) is 43.3 Å². The van der Waals surface area contributed by atoms with Crippen LogP contribution < -0.4 is 9.64 Å². The third-order valence-corrected chi connectivity index (χ3v) is 4.76. The molecule has 2 aliphatic heterocycles. The molecule has 2 aromatic rings. The molecule has 0 spiro atoms. The van der Waals surface area contributed by atoms with Crippen molar-refractivity contribution in [2.75, 3.05) is 31.2 Å². The number of anilines is 1. The lowest BCUT2D eigenvalue weighted by Crippen LogP contribution is -2.27. The summed E-state index contributed by atoms with van der Waals surface area (Å²) in [6.45, 7) is 2.67. The summed E-state index contributed by atoms with van der Waals surface area (Å²) in [5.41, 5.74) is 0.582. The van der Waals surface area contributed by atoms with E-state index in [0.717, 1.165) is 6.54 Å². The summed E-state index contributed by atoms with van der Waals surface area (Å²) in [6.07, 6.45) is 2.48. The SMILES string of the molecule is N#Cc1cccc(OC[C@H]2CO[C@@H]3CN(c4ncc(F)cn4)C[C@H]23)c1. The van der Waals surface area contributed by atoms with Gasteiger partial charge < -0.3 is 14.4 Å². The minimum Gasteiger partial charge on any atom is -0.493 e. The Morgan fingerprint density at radius 1 is 1.32 bits per heavy atom. The van der Waals surface area contributed by atoms with Gasteiger partial charge in [-0.2, -0.15) is 5.26 Å². The summed E-state index contributed by atoms with van der Waals surface area (Å²) in [6, 6.07) is 9.25. The normalized spacial score (nSPS) is 24.8. The van der Waals surface area contributed by atoms with Gasteiger partial charge >= 0.3 is 0 Å². The molecule has 2 aliphatic rings. The van der Waals surface area contributed by atoms with E-state index in [2.05, 4.69) is 16.0 Å². The second-order valence-electron chi connectivity index (χ2n) is 6.35. The maximum absolute atomic E-state index is 13.0. The average molecular weight is 340 g/mol. The van der Waals surface area contributed by atoms with E-state index >= 15 is 0 Å². The van der Waals surface area contributed by atoms with E-state index in [1.807, 2.05) is 17.0 Å². The topological polar surface area (TPSA) is 71.3 Å². The third kappa shape index (κ3) is 3.26. The molecule has 0 saturated carbocycles. The van der Waals surface area contributed by atoms with E-state index in [9.17, 15) is 4.39 Å². The van der Waals surface area contributed by atoms with Gasteiger partial charge in [-0.1, -0.05) is 6.07 Å². The number of nitrogens with zero attached hydrogens (tertiary/aromatic N) is 4. The van der Waals surface area contributed by atoms with Crippen molar-refractivity contribution in [3.05, 3.63) is 48.0 Å². The molecule has 0 aliphatic carbocycles. The van der Waals surface area contributed by atoms with Crippen LogP contribution in [0, 0.1) is 29.0 Å². The molecular weight excluding hydrogens is 323 g/mol. The van der Waals surface area contributed by atoms with E-state index in [1.165, 1.54) is 12.4 Å². The number of halogens is 1. The highest BCUT2D eigenvalue weighted by Crippen LogP contribution is 2.35. The molecule has 4 rings (SSSR count). The van der Waals surface area contributed by atoms with Gasteiger partial charge in [0.2, 0.25) is 5.95 Å². The molecule has 3 atom stereocenters. The lowest BCUT2D eigenvalue weighted by Gasteiger charge is -2.20. The zero-order chi connectivity index (χ0) is 17.2. The van der Waals surface area contributed by atoms with Gasteiger partial charge in [-0.15, -0.1) is 0 Å². The number of hydrogen-bond acceptors (Lipinski definition) is 6. The summed E-state index contributed by atoms with van der Waals surface area (Å²) >= 11 is 0. The van der Waals surface area contributed by atoms with Gasteiger partial charge in [-0.25, -0.2) is 14.4 Å². The molecule has 0 unspecified atom stereocenters. The van der Waals surface area contributed by atoms with Gasteiger partial charge in [0.1, 0.15) is 5.75 Å². The number of rotatable bonds is 4. The number of aromatic nitrogens is 2. The first-order valence-corrected chi connectivity index (χ1v) is 8.20. The number of nitriles is 1. The zero-order valence-corrected chi connectivity index (χ0v) is 13.5. The van der Waals surface area contributed by atoms with Crippen molar-refractivity contribution in [3.63, 3.8) is 0 Å². The van der Waals surface area contributed by atoms with Crippen molar-refractivity contribution >= 4 is 5.95 Å². The van der Waals surface area contributed by atoms with Gasteiger partial charge in [0.15, 0.2) is 5.82 Å². The van der Waals surface area contributed by atoms with Gasteiger partial charge in [-0.3, -0.25) is 0 Å². The van der Waals surface area contributed by atoms with E-state index in [4.69, 9.17) is 14.7 Å². The largest absolute Gasteiger partial charge is 0.493 e. The van der Waals surface area contributed by atoms with Crippen LogP contribution in [0.2, 0.25) is 0 Å². The van der Waals surface area contributed by atoms with Crippen LogP contribution in [-0.2, 0) is 4.74 Å². The van der Waals surface area contributed by atoms with E-state index in [0.29, 0.717) is 42.9 Å². The summed E-state index contributed by atoms with van der Waals surface area (Å²) in [4.78, 5) is 10.1. The number of fused-ring (bicyclic) bond motifs is 1. The van der Waals surface area contributed by atoms with Gasteiger partial charge in [-0.05, 0) is 18.2 Å². The fraction of sp³-hybridized carbons (Fsp3) is 0.389.